The summed E-state index contributed by atoms with van der Waals surface area (Å²) in [7, 11) is 0. The van der Waals surface area contributed by atoms with Crippen molar-refractivity contribution >= 4 is 32.5 Å². The van der Waals surface area contributed by atoms with Gasteiger partial charge in [-0.05, 0) is 25.0 Å². The van der Waals surface area contributed by atoms with Crippen molar-refractivity contribution in [3.8, 4) is 10.6 Å². The first-order valence-electron chi connectivity index (χ1n) is 7.67. The van der Waals surface area contributed by atoms with E-state index in [1.807, 2.05) is 42.5 Å². The monoisotopic (exact) mass is 319 g/mol. The molecule has 2 aromatic carbocycles. The zero-order valence-electron chi connectivity index (χ0n) is 12.3. The van der Waals surface area contributed by atoms with Gasteiger partial charge in [-0.3, -0.25) is 9.36 Å². The van der Waals surface area contributed by atoms with Gasteiger partial charge in [0.2, 0.25) is 0 Å². The van der Waals surface area contributed by atoms with Crippen LogP contribution in [-0.2, 0) is 0 Å². The Hall–Kier alpha value is -2.53. The molecular formula is C18H13N3OS. The third-order valence-electron chi connectivity index (χ3n) is 4.27. The third kappa shape index (κ3) is 2.00. The van der Waals surface area contributed by atoms with E-state index < -0.39 is 0 Å². The molecule has 4 aromatic rings. The highest BCUT2D eigenvalue weighted by Crippen LogP contribution is 2.36. The number of fused-ring (bicyclic) bond motifs is 3. The fourth-order valence-corrected chi connectivity index (χ4v) is 4.02. The maximum Gasteiger partial charge on any atom is 0.262 e. The van der Waals surface area contributed by atoms with Crippen molar-refractivity contribution in [2.24, 2.45) is 0 Å². The minimum absolute atomic E-state index is 0.0614. The van der Waals surface area contributed by atoms with Crippen LogP contribution >= 0.6 is 11.3 Å². The van der Waals surface area contributed by atoms with Crippen LogP contribution in [0.25, 0.3) is 31.7 Å². The molecule has 2 aromatic heterocycles. The molecule has 0 unspecified atom stereocenters. The second-order valence-corrected chi connectivity index (χ2v) is 6.88. The molecule has 1 saturated carbocycles. The molecule has 0 bridgehead atoms. The maximum absolute atomic E-state index is 12.9. The number of hydrogen-bond donors (Lipinski definition) is 0. The summed E-state index contributed by atoms with van der Waals surface area (Å²) in [6.45, 7) is 0. The highest BCUT2D eigenvalue weighted by molar-refractivity contribution is 7.22. The Morgan fingerprint density at radius 1 is 1.04 bits per heavy atom. The standard InChI is InChI=1S/C18H13N3OS/c22-18-15-13(19-10-21(18)12-6-7-12)8-9-14-16(15)23-17(20-14)11-4-2-1-3-5-11/h1-5,8-10,12H,6-7H2. The molecule has 0 amide bonds. The van der Waals surface area contributed by atoms with Crippen molar-refractivity contribution < 1.29 is 0 Å². The first kappa shape index (κ1) is 13.0. The molecule has 23 heavy (non-hydrogen) atoms. The van der Waals surface area contributed by atoms with E-state index in [9.17, 15) is 4.79 Å². The molecule has 0 aliphatic heterocycles. The normalized spacial score (nSPS) is 14.6. The fraction of sp³-hybridized carbons (Fsp3) is 0.167. The summed E-state index contributed by atoms with van der Waals surface area (Å²) < 4.78 is 2.72. The minimum Gasteiger partial charge on any atom is -0.296 e. The number of nitrogens with zero attached hydrogens (tertiary/aromatic N) is 3. The molecule has 0 spiro atoms. The lowest BCUT2D eigenvalue weighted by atomic mass is 10.2. The van der Waals surface area contributed by atoms with Crippen LogP contribution in [0.3, 0.4) is 0 Å². The van der Waals surface area contributed by atoms with Crippen molar-refractivity contribution in [1.29, 1.82) is 0 Å². The molecule has 2 heterocycles. The van der Waals surface area contributed by atoms with Gasteiger partial charge in [-0.25, -0.2) is 9.97 Å². The molecule has 5 rings (SSSR count). The Labute approximate surface area is 136 Å². The number of thiazole rings is 1. The highest BCUT2D eigenvalue weighted by atomic mass is 32.1. The van der Waals surface area contributed by atoms with Gasteiger partial charge in [0.1, 0.15) is 5.01 Å². The average Bonchev–Trinajstić information content (AvgIpc) is 3.33. The summed E-state index contributed by atoms with van der Waals surface area (Å²) in [6, 6.07) is 14.3. The van der Waals surface area contributed by atoms with E-state index in [-0.39, 0.29) is 5.56 Å². The average molecular weight is 319 g/mol. The highest BCUT2D eigenvalue weighted by Gasteiger charge is 2.26. The molecule has 112 valence electrons. The van der Waals surface area contributed by atoms with E-state index in [1.54, 1.807) is 22.2 Å². The predicted molar refractivity (Wildman–Crippen MR) is 92.9 cm³/mol. The molecule has 1 aliphatic carbocycles. The molecule has 0 N–H and O–H groups in total. The van der Waals surface area contributed by atoms with E-state index in [0.717, 1.165) is 39.1 Å². The Balaban J connectivity index is 1.83. The summed E-state index contributed by atoms with van der Waals surface area (Å²) in [5.41, 5.74) is 2.76. The molecule has 4 nitrogen and oxygen atoms in total. The predicted octanol–water partition coefficient (Wildman–Crippen LogP) is 4.01. The van der Waals surface area contributed by atoms with Gasteiger partial charge in [-0.2, -0.15) is 0 Å². The Morgan fingerprint density at radius 2 is 1.83 bits per heavy atom. The molecule has 0 saturated heterocycles. The number of hydrogen-bond acceptors (Lipinski definition) is 4. The first-order valence-corrected chi connectivity index (χ1v) is 8.49. The number of rotatable bonds is 2. The number of aromatic nitrogens is 3. The van der Waals surface area contributed by atoms with Crippen LogP contribution in [0.4, 0.5) is 0 Å². The maximum atomic E-state index is 12.9. The molecule has 5 heteroatoms. The van der Waals surface area contributed by atoms with Crippen molar-refractivity contribution in [3.05, 3.63) is 59.1 Å². The Bertz CT molecular complexity index is 1090. The number of benzene rings is 2. The van der Waals surface area contributed by atoms with Gasteiger partial charge < -0.3 is 0 Å². The van der Waals surface area contributed by atoms with Gasteiger partial charge in [0.05, 0.1) is 27.4 Å². The lowest BCUT2D eigenvalue weighted by Gasteiger charge is -2.04. The minimum atomic E-state index is 0.0614. The lowest BCUT2D eigenvalue weighted by molar-refractivity contribution is 0.699. The molecule has 1 fully saturated rings. The van der Waals surface area contributed by atoms with Gasteiger partial charge in [-0.15, -0.1) is 11.3 Å². The summed E-state index contributed by atoms with van der Waals surface area (Å²) in [5.74, 6) is 0. The smallest absolute Gasteiger partial charge is 0.262 e. The van der Waals surface area contributed by atoms with E-state index >= 15 is 0 Å². The van der Waals surface area contributed by atoms with Crippen LogP contribution in [0, 0.1) is 0 Å². The third-order valence-corrected chi connectivity index (χ3v) is 5.40. The Morgan fingerprint density at radius 3 is 2.61 bits per heavy atom. The molecular weight excluding hydrogens is 306 g/mol. The van der Waals surface area contributed by atoms with Crippen LogP contribution in [0.15, 0.2) is 53.6 Å². The summed E-state index contributed by atoms with van der Waals surface area (Å²) in [5, 5.41) is 1.64. The van der Waals surface area contributed by atoms with E-state index in [4.69, 9.17) is 4.98 Å². The van der Waals surface area contributed by atoms with Crippen LogP contribution in [0.1, 0.15) is 18.9 Å². The van der Waals surface area contributed by atoms with Crippen LogP contribution in [0.2, 0.25) is 0 Å². The zero-order valence-corrected chi connectivity index (χ0v) is 13.1. The van der Waals surface area contributed by atoms with Crippen LogP contribution in [-0.4, -0.2) is 14.5 Å². The quantitative estimate of drug-likeness (QED) is 0.561. The van der Waals surface area contributed by atoms with Crippen molar-refractivity contribution in [3.63, 3.8) is 0 Å². The van der Waals surface area contributed by atoms with Gasteiger partial charge in [-0.1, -0.05) is 30.3 Å². The Kier molecular flexibility index (Phi) is 2.67. The van der Waals surface area contributed by atoms with E-state index in [0.29, 0.717) is 11.4 Å². The van der Waals surface area contributed by atoms with E-state index in [1.165, 1.54) is 0 Å². The van der Waals surface area contributed by atoms with Crippen LogP contribution < -0.4 is 5.56 Å². The second kappa shape index (κ2) is 4.73. The first-order chi connectivity index (χ1) is 11.3. The second-order valence-electron chi connectivity index (χ2n) is 5.88. The van der Waals surface area contributed by atoms with Crippen molar-refractivity contribution in [2.45, 2.75) is 18.9 Å². The summed E-state index contributed by atoms with van der Waals surface area (Å²) in [4.78, 5) is 22.1. The molecule has 0 radical (unpaired) electrons. The largest absolute Gasteiger partial charge is 0.296 e. The van der Waals surface area contributed by atoms with Crippen molar-refractivity contribution in [1.82, 2.24) is 14.5 Å². The van der Waals surface area contributed by atoms with Crippen LogP contribution in [0.5, 0.6) is 0 Å². The van der Waals surface area contributed by atoms with Gasteiger partial charge in [0, 0.05) is 11.6 Å². The lowest BCUT2D eigenvalue weighted by Crippen LogP contribution is -2.19. The molecule has 0 atom stereocenters. The van der Waals surface area contributed by atoms with E-state index in [2.05, 4.69) is 4.98 Å². The zero-order chi connectivity index (χ0) is 15.4. The van der Waals surface area contributed by atoms with Crippen molar-refractivity contribution in [2.75, 3.05) is 0 Å². The summed E-state index contributed by atoms with van der Waals surface area (Å²) >= 11 is 1.57. The summed E-state index contributed by atoms with van der Waals surface area (Å²) in [6.07, 6.45) is 3.83. The fourth-order valence-electron chi connectivity index (χ4n) is 2.92. The topological polar surface area (TPSA) is 47.8 Å². The molecule has 1 aliphatic rings. The SMILES string of the molecule is O=c1c2c(ccc3nc(-c4ccccc4)sc32)ncn1C1CC1. The van der Waals surface area contributed by atoms with Gasteiger partial charge in [0.15, 0.2) is 0 Å². The van der Waals surface area contributed by atoms with Gasteiger partial charge >= 0.3 is 0 Å². The van der Waals surface area contributed by atoms with Gasteiger partial charge in [0.25, 0.3) is 5.56 Å².